The van der Waals surface area contributed by atoms with E-state index < -0.39 is 0 Å². The largest absolute Gasteiger partial charge is 0.394 e. The van der Waals surface area contributed by atoms with E-state index in [9.17, 15) is 0 Å². The molecule has 10 heavy (non-hydrogen) atoms. The number of nitrogens with two attached hydrogens (primary N) is 3. The molecule has 0 amide bonds. The Morgan fingerprint density at radius 3 is 2.30 bits per heavy atom. The standard InChI is InChI=1S/C5H11N5/c1-10-3(2-6)4(7)5(8)9-10/h2,6-7H2,1H3,(H2,8,9). The summed E-state index contributed by atoms with van der Waals surface area (Å²) >= 11 is 0. The van der Waals surface area contributed by atoms with Crippen LogP contribution in [0.2, 0.25) is 0 Å². The van der Waals surface area contributed by atoms with Gasteiger partial charge in [-0.25, -0.2) is 0 Å². The van der Waals surface area contributed by atoms with E-state index in [1.165, 1.54) is 0 Å². The Labute approximate surface area is 58.8 Å². The maximum atomic E-state index is 5.53. The smallest absolute Gasteiger partial charge is 0.169 e. The van der Waals surface area contributed by atoms with Crippen molar-refractivity contribution in [2.75, 3.05) is 11.5 Å². The lowest BCUT2D eigenvalue weighted by molar-refractivity contribution is 0.716. The Bertz CT molecular complexity index is 238. The van der Waals surface area contributed by atoms with Crippen LogP contribution in [0.5, 0.6) is 0 Å². The maximum Gasteiger partial charge on any atom is 0.169 e. The summed E-state index contributed by atoms with van der Waals surface area (Å²) in [6.07, 6.45) is 0. The van der Waals surface area contributed by atoms with Gasteiger partial charge in [0.15, 0.2) is 5.82 Å². The first-order chi connectivity index (χ1) is 4.66. The minimum Gasteiger partial charge on any atom is -0.394 e. The lowest BCUT2D eigenvalue weighted by Crippen LogP contribution is -2.06. The molecule has 0 atom stereocenters. The first-order valence-corrected chi connectivity index (χ1v) is 2.93. The Hall–Kier alpha value is -1.23. The molecule has 0 aliphatic heterocycles. The van der Waals surface area contributed by atoms with Crippen LogP contribution in [0, 0.1) is 0 Å². The Kier molecular flexibility index (Phi) is 1.50. The molecule has 1 rings (SSSR count). The highest BCUT2D eigenvalue weighted by molar-refractivity contribution is 5.61. The Morgan fingerprint density at radius 1 is 1.50 bits per heavy atom. The van der Waals surface area contributed by atoms with Crippen molar-refractivity contribution in [2.24, 2.45) is 12.8 Å². The van der Waals surface area contributed by atoms with Gasteiger partial charge in [-0.3, -0.25) is 4.68 Å². The van der Waals surface area contributed by atoms with Crippen molar-refractivity contribution in [3.05, 3.63) is 5.69 Å². The van der Waals surface area contributed by atoms with Gasteiger partial charge in [-0.15, -0.1) is 0 Å². The first-order valence-electron chi connectivity index (χ1n) is 2.93. The summed E-state index contributed by atoms with van der Waals surface area (Å²) in [5, 5.41) is 3.87. The van der Waals surface area contributed by atoms with E-state index in [2.05, 4.69) is 5.10 Å². The zero-order valence-electron chi connectivity index (χ0n) is 5.83. The van der Waals surface area contributed by atoms with Gasteiger partial charge in [0.05, 0.1) is 11.4 Å². The molecule has 0 aromatic carbocycles. The van der Waals surface area contributed by atoms with Crippen molar-refractivity contribution < 1.29 is 0 Å². The van der Waals surface area contributed by atoms with Gasteiger partial charge in [-0.2, -0.15) is 5.10 Å². The predicted octanol–water partition coefficient (Wildman–Crippen LogP) is -0.957. The van der Waals surface area contributed by atoms with Gasteiger partial charge in [-0.1, -0.05) is 0 Å². The fraction of sp³-hybridized carbons (Fsp3) is 0.400. The molecule has 5 heteroatoms. The van der Waals surface area contributed by atoms with E-state index >= 15 is 0 Å². The average Bonchev–Trinajstić information content (AvgIpc) is 2.09. The maximum absolute atomic E-state index is 5.53. The van der Waals surface area contributed by atoms with Gasteiger partial charge in [0.1, 0.15) is 0 Å². The molecule has 6 N–H and O–H groups in total. The number of hydrogen-bond donors (Lipinski definition) is 3. The zero-order chi connectivity index (χ0) is 7.72. The number of nitrogens with zero attached hydrogens (tertiary/aromatic N) is 2. The minimum absolute atomic E-state index is 0.350. The molecule has 0 radical (unpaired) electrons. The Balaban J connectivity index is 3.20. The average molecular weight is 141 g/mol. The Morgan fingerprint density at radius 2 is 2.10 bits per heavy atom. The van der Waals surface area contributed by atoms with Gasteiger partial charge in [0, 0.05) is 13.6 Å². The van der Waals surface area contributed by atoms with E-state index in [1.54, 1.807) is 11.7 Å². The molecule has 1 heterocycles. The summed E-state index contributed by atoms with van der Waals surface area (Å²) in [7, 11) is 1.76. The number of anilines is 2. The van der Waals surface area contributed by atoms with Crippen LogP contribution in [0.4, 0.5) is 11.5 Å². The normalized spacial score (nSPS) is 10.2. The van der Waals surface area contributed by atoms with Crippen molar-refractivity contribution in [3.8, 4) is 0 Å². The van der Waals surface area contributed by atoms with E-state index in [0.717, 1.165) is 5.69 Å². The van der Waals surface area contributed by atoms with Crippen LogP contribution in [0.1, 0.15) is 5.69 Å². The summed E-state index contributed by atoms with van der Waals surface area (Å²) in [6, 6.07) is 0. The second kappa shape index (κ2) is 2.18. The third-order valence-electron chi connectivity index (χ3n) is 1.43. The van der Waals surface area contributed by atoms with Crippen LogP contribution in [0.3, 0.4) is 0 Å². The van der Waals surface area contributed by atoms with Gasteiger partial charge in [0.25, 0.3) is 0 Å². The van der Waals surface area contributed by atoms with Crippen LogP contribution >= 0.6 is 0 Å². The van der Waals surface area contributed by atoms with Crippen molar-refractivity contribution in [1.82, 2.24) is 9.78 Å². The summed E-state index contributed by atoms with van der Waals surface area (Å²) in [4.78, 5) is 0. The van der Waals surface area contributed by atoms with E-state index in [-0.39, 0.29) is 0 Å². The van der Waals surface area contributed by atoms with Crippen LogP contribution in [-0.2, 0) is 13.6 Å². The second-order valence-electron chi connectivity index (χ2n) is 2.07. The molecule has 0 bridgehead atoms. The third-order valence-corrected chi connectivity index (χ3v) is 1.43. The van der Waals surface area contributed by atoms with E-state index in [0.29, 0.717) is 18.1 Å². The van der Waals surface area contributed by atoms with Gasteiger partial charge in [0.2, 0.25) is 0 Å². The molecule has 56 valence electrons. The molecule has 1 aromatic rings. The van der Waals surface area contributed by atoms with Crippen molar-refractivity contribution in [3.63, 3.8) is 0 Å². The molecule has 0 unspecified atom stereocenters. The van der Waals surface area contributed by atoms with Gasteiger partial charge in [-0.05, 0) is 0 Å². The lowest BCUT2D eigenvalue weighted by Gasteiger charge is -1.96. The molecule has 0 saturated carbocycles. The SMILES string of the molecule is Cn1nc(N)c(N)c1CN. The fourth-order valence-corrected chi connectivity index (χ4v) is 0.840. The highest BCUT2D eigenvalue weighted by atomic mass is 15.3. The molecular weight excluding hydrogens is 130 g/mol. The fourth-order valence-electron chi connectivity index (χ4n) is 0.840. The quantitative estimate of drug-likeness (QED) is 0.469. The molecule has 0 saturated heterocycles. The van der Waals surface area contributed by atoms with E-state index in [1.807, 2.05) is 0 Å². The number of nitrogen functional groups attached to an aromatic ring is 2. The summed E-state index contributed by atoms with van der Waals surface area (Å²) < 4.78 is 1.59. The number of rotatable bonds is 1. The molecule has 0 fully saturated rings. The lowest BCUT2D eigenvalue weighted by atomic mass is 10.3. The van der Waals surface area contributed by atoms with Crippen molar-refractivity contribution >= 4 is 11.5 Å². The molecule has 0 aliphatic carbocycles. The molecule has 0 spiro atoms. The minimum atomic E-state index is 0.350. The number of aromatic nitrogens is 2. The van der Waals surface area contributed by atoms with Gasteiger partial charge >= 0.3 is 0 Å². The molecule has 5 nitrogen and oxygen atoms in total. The second-order valence-corrected chi connectivity index (χ2v) is 2.07. The molecular formula is C5H11N5. The van der Waals surface area contributed by atoms with Crippen LogP contribution < -0.4 is 17.2 Å². The first kappa shape index (κ1) is 6.88. The highest BCUT2D eigenvalue weighted by Gasteiger charge is 2.07. The van der Waals surface area contributed by atoms with E-state index in [4.69, 9.17) is 17.2 Å². The van der Waals surface area contributed by atoms with Crippen molar-refractivity contribution in [1.29, 1.82) is 0 Å². The number of hydrogen-bond acceptors (Lipinski definition) is 4. The third kappa shape index (κ3) is 0.801. The summed E-state index contributed by atoms with van der Waals surface area (Å²) in [5.41, 5.74) is 17.6. The summed E-state index contributed by atoms with van der Waals surface area (Å²) in [6.45, 7) is 0.368. The predicted molar refractivity (Wildman–Crippen MR) is 39.9 cm³/mol. The van der Waals surface area contributed by atoms with Crippen molar-refractivity contribution in [2.45, 2.75) is 6.54 Å². The monoisotopic (exact) mass is 141 g/mol. The number of aryl methyl sites for hydroxylation is 1. The van der Waals surface area contributed by atoms with Crippen LogP contribution in [-0.4, -0.2) is 9.78 Å². The highest BCUT2D eigenvalue weighted by Crippen LogP contribution is 2.16. The molecule has 0 aliphatic rings. The topological polar surface area (TPSA) is 95.9 Å². The summed E-state index contributed by atoms with van der Waals surface area (Å²) in [5.74, 6) is 0.350. The van der Waals surface area contributed by atoms with Crippen LogP contribution in [0.25, 0.3) is 0 Å². The molecule has 1 aromatic heterocycles. The zero-order valence-corrected chi connectivity index (χ0v) is 5.83. The van der Waals surface area contributed by atoms with Gasteiger partial charge < -0.3 is 17.2 Å². The van der Waals surface area contributed by atoms with Crippen LogP contribution in [0.15, 0.2) is 0 Å².